The van der Waals surface area contributed by atoms with Crippen molar-refractivity contribution in [3.05, 3.63) is 34.8 Å². The Hall–Kier alpha value is -0.850. The third kappa shape index (κ3) is 0.953. The highest BCUT2D eigenvalue weighted by Gasteiger charge is 2.30. The highest BCUT2D eigenvalue weighted by atomic mass is 32.2. The van der Waals surface area contributed by atoms with Crippen molar-refractivity contribution in [2.45, 2.75) is 13.0 Å². The van der Waals surface area contributed by atoms with Gasteiger partial charge in [-0.2, -0.15) is 0 Å². The first-order valence-corrected chi connectivity index (χ1v) is 4.36. The summed E-state index contributed by atoms with van der Waals surface area (Å²) in [6.07, 6.45) is 4.14. The standard InChI is InChI=1S/C9H8NS/c1-6-3-4-8-9(7(6)2)10-5-11-8/h2-5,9H,1H3/q+1. The van der Waals surface area contributed by atoms with Crippen molar-refractivity contribution in [1.29, 1.82) is 0 Å². The van der Waals surface area contributed by atoms with Gasteiger partial charge in [-0.3, -0.25) is 4.99 Å². The number of hydrogen-bond acceptors (Lipinski definition) is 2. The van der Waals surface area contributed by atoms with E-state index in [0.717, 1.165) is 11.1 Å². The largest absolute Gasteiger partial charge is 0.268 e. The average molecular weight is 162 g/mol. The lowest BCUT2D eigenvalue weighted by atomic mass is 9.97. The van der Waals surface area contributed by atoms with E-state index < -0.39 is 0 Å². The first-order valence-electron chi connectivity index (χ1n) is 3.48. The van der Waals surface area contributed by atoms with Gasteiger partial charge in [0.15, 0.2) is 11.6 Å². The van der Waals surface area contributed by atoms with E-state index in [0.29, 0.717) is 0 Å². The van der Waals surface area contributed by atoms with E-state index in [1.54, 1.807) is 11.8 Å². The second-order valence-electron chi connectivity index (χ2n) is 2.65. The smallest absolute Gasteiger partial charge is 0.196 e. The summed E-state index contributed by atoms with van der Waals surface area (Å²) in [7, 11) is 0. The Morgan fingerprint density at radius 1 is 1.55 bits per heavy atom. The molecule has 0 bridgehead atoms. The van der Waals surface area contributed by atoms with Crippen molar-refractivity contribution in [2.24, 2.45) is 4.99 Å². The zero-order chi connectivity index (χ0) is 7.84. The van der Waals surface area contributed by atoms with Crippen LogP contribution in [0, 0.1) is 6.58 Å². The number of hydrogen-bond donors (Lipinski definition) is 0. The fraction of sp³-hybridized carbons (Fsp3) is 0.222. The zero-order valence-electron chi connectivity index (χ0n) is 6.24. The number of allylic oxidation sites excluding steroid dienone is 2. The predicted molar refractivity (Wildman–Crippen MR) is 49.5 cm³/mol. The van der Waals surface area contributed by atoms with Crippen molar-refractivity contribution in [3.63, 3.8) is 0 Å². The summed E-state index contributed by atoms with van der Waals surface area (Å²) in [5, 5.41) is 0. The van der Waals surface area contributed by atoms with Gasteiger partial charge in [0.25, 0.3) is 0 Å². The molecular weight excluding hydrogens is 154 g/mol. The summed E-state index contributed by atoms with van der Waals surface area (Å²) in [5.74, 6) is 0. The molecule has 0 saturated heterocycles. The number of nitrogens with zero attached hydrogens (tertiary/aromatic N) is 1. The van der Waals surface area contributed by atoms with Crippen LogP contribution in [-0.4, -0.2) is 11.6 Å². The lowest BCUT2D eigenvalue weighted by Crippen LogP contribution is -2.09. The molecule has 0 amide bonds. The molecule has 0 spiro atoms. The first-order chi connectivity index (χ1) is 5.29. The summed E-state index contributed by atoms with van der Waals surface area (Å²) in [6.45, 7) is 7.86. The molecular formula is C9H8NS+. The highest BCUT2D eigenvalue weighted by Crippen LogP contribution is 2.35. The minimum atomic E-state index is 0.130. The highest BCUT2D eigenvalue weighted by molar-refractivity contribution is 8.15. The van der Waals surface area contributed by atoms with Crippen LogP contribution < -0.4 is 0 Å². The van der Waals surface area contributed by atoms with E-state index >= 15 is 0 Å². The Kier molecular flexibility index (Phi) is 1.45. The molecule has 2 aliphatic rings. The molecule has 1 nitrogen and oxygen atoms in total. The molecule has 2 rings (SSSR count). The van der Waals surface area contributed by atoms with Crippen molar-refractivity contribution < 1.29 is 0 Å². The first kappa shape index (κ1) is 6.84. The second-order valence-corrected chi connectivity index (χ2v) is 3.57. The molecule has 0 fully saturated rings. The topological polar surface area (TPSA) is 12.4 Å². The van der Waals surface area contributed by atoms with Crippen LogP contribution in [0.25, 0.3) is 0 Å². The average Bonchev–Trinajstić information content (AvgIpc) is 2.45. The Morgan fingerprint density at radius 2 is 2.36 bits per heavy atom. The quantitative estimate of drug-likeness (QED) is 0.498. The van der Waals surface area contributed by atoms with Gasteiger partial charge < -0.3 is 0 Å². The lowest BCUT2D eigenvalue weighted by molar-refractivity contribution is 0.951. The minimum absolute atomic E-state index is 0.130. The van der Waals surface area contributed by atoms with Crippen LogP contribution in [0.15, 0.2) is 33.2 Å². The van der Waals surface area contributed by atoms with Gasteiger partial charge in [-0.05, 0) is 6.08 Å². The molecule has 54 valence electrons. The van der Waals surface area contributed by atoms with Crippen LogP contribution in [0.3, 0.4) is 0 Å². The van der Waals surface area contributed by atoms with Gasteiger partial charge >= 0.3 is 0 Å². The Labute approximate surface area is 70.6 Å². The molecule has 11 heavy (non-hydrogen) atoms. The van der Waals surface area contributed by atoms with Crippen molar-refractivity contribution in [2.75, 3.05) is 0 Å². The summed E-state index contributed by atoms with van der Waals surface area (Å²) in [5.41, 5.74) is 3.89. The number of rotatable bonds is 0. The molecule has 0 aromatic heterocycles. The molecule has 0 aromatic carbocycles. The molecule has 0 saturated carbocycles. The van der Waals surface area contributed by atoms with Crippen LogP contribution in [0.1, 0.15) is 6.92 Å². The molecule has 2 heteroatoms. The van der Waals surface area contributed by atoms with Gasteiger partial charge in [0.1, 0.15) is 0 Å². The number of thioether (sulfide) groups is 1. The molecule has 0 aromatic rings. The van der Waals surface area contributed by atoms with E-state index in [2.05, 4.69) is 11.1 Å². The number of fused-ring (bicyclic) bond motifs is 1. The Morgan fingerprint density at radius 3 is 3.18 bits per heavy atom. The Bertz CT molecular complexity index is 297. The van der Waals surface area contributed by atoms with Crippen LogP contribution >= 0.6 is 11.8 Å². The van der Waals surface area contributed by atoms with Gasteiger partial charge in [-0.1, -0.05) is 11.8 Å². The third-order valence-corrected chi connectivity index (χ3v) is 2.77. The fourth-order valence-electron chi connectivity index (χ4n) is 1.17. The lowest BCUT2D eigenvalue weighted by Gasteiger charge is -2.08. The van der Waals surface area contributed by atoms with Gasteiger partial charge in [-0.25, -0.2) is 0 Å². The van der Waals surface area contributed by atoms with E-state index in [4.69, 9.17) is 6.58 Å². The van der Waals surface area contributed by atoms with Crippen molar-refractivity contribution in [1.82, 2.24) is 0 Å². The maximum atomic E-state index is 5.84. The number of aliphatic imine (C=N–C) groups is 1. The maximum absolute atomic E-state index is 5.84. The molecule has 1 heterocycles. The second kappa shape index (κ2) is 2.33. The van der Waals surface area contributed by atoms with E-state index in [-0.39, 0.29) is 6.04 Å². The monoisotopic (exact) mass is 162 g/mol. The van der Waals surface area contributed by atoms with Crippen LogP contribution in [0.4, 0.5) is 0 Å². The van der Waals surface area contributed by atoms with Gasteiger partial charge in [0.2, 0.25) is 0 Å². The zero-order valence-corrected chi connectivity index (χ0v) is 7.06. The third-order valence-electron chi connectivity index (χ3n) is 1.92. The maximum Gasteiger partial charge on any atom is 0.196 e. The van der Waals surface area contributed by atoms with Crippen LogP contribution in [0.5, 0.6) is 0 Å². The summed E-state index contributed by atoms with van der Waals surface area (Å²) in [6, 6.07) is 0.130. The minimum Gasteiger partial charge on any atom is -0.268 e. The van der Waals surface area contributed by atoms with Gasteiger partial charge in [0.05, 0.1) is 17.7 Å². The van der Waals surface area contributed by atoms with Gasteiger partial charge in [0, 0.05) is 17.9 Å². The molecule has 0 radical (unpaired) electrons. The molecule has 1 aliphatic carbocycles. The van der Waals surface area contributed by atoms with E-state index in [9.17, 15) is 0 Å². The van der Waals surface area contributed by atoms with E-state index in [1.807, 2.05) is 18.5 Å². The molecule has 1 atom stereocenters. The molecule has 1 unspecified atom stereocenters. The van der Waals surface area contributed by atoms with Crippen molar-refractivity contribution in [3.8, 4) is 0 Å². The molecule has 1 aliphatic heterocycles. The predicted octanol–water partition coefficient (Wildman–Crippen LogP) is 2.33. The SMILES string of the molecule is [CH+]=C1C(C)=CC=C2SC=NC12. The fourth-order valence-corrected chi connectivity index (χ4v) is 1.94. The summed E-state index contributed by atoms with van der Waals surface area (Å²) in [4.78, 5) is 5.50. The van der Waals surface area contributed by atoms with Crippen LogP contribution in [0.2, 0.25) is 0 Å². The van der Waals surface area contributed by atoms with Crippen molar-refractivity contribution >= 4 is 17.3 Å². The van der Waals surface area contributed by atoms with Gasteiger partial charge in [-0.15, -0.1) is 0 Å². The Balaban J connectivity index is 2.42. The molecule has 0 N–H and O–H groups in total. The normalized spacial score (nSPS) is 28.0. The summed E-state index contributed by atoms with van der Waals surface area (Å²) < 4.78 is 0. The van der Waals surface area contributed by atoms with E-state index in [1.165, 1.54) is 4.91 Å². The summed E-state index contributed by atoms with van der Waals surface area (Å²) >= 11 is 1.66. The van der Waals surface area contributed by atoms with Crippen LogP contribution in [-0.2, 0) is 0 Å².